The monoisotopic (exact) mass is 436 g/mol. The third-order valence-corrected chi connectivity index (χ3v) is 6.93. The Kier molecular flexibility index (Phi) is 5.12. The highest BCUT2D eigenvalue weighted by atomic mass is 79.9. The molecule has 0 saturated carbocycles. The maximum Gasteiger partial charge on any atom is 0.266 e. The number of halogens is 1. The van der Waals surface area contributed by atoms with Crippen LogP contribution in [0.25, 0.3) is 0 Å². The molecule has 2 aromatic rings. The van der Waals surface area contributed by atoms with Gasteiger partial charge < -0.3 is 4.90 Å². The molecule has 0 unspecified atom stereocenters. The number of rotatable bonds is 4. The number of sulfonamides is 1. The number of hydrogen-bond donors (Lipinski definition) is 0. The van der Waals surface area contributed by atoms with Crippen LogP contribution in [-0.2, 0) is 21.2 Å². The van der Waals surface area contributed by atoms with Crippen molar-refractivity contribution in [3.05, 3.63) is 52.5 Å². The van der Waals surface area contributed by atoms with Crippen molar-refractivity contribution in [3.8, 4) is 0 Å². The van der Waals surface area contributed by atoms with Gasteiger partial charge in [0, 0.05) is 24.0 Å². The summed E-state index contributed by atoms with van der Waals surface area (Å²) in [5.41, 5.74) is 1.97. The van der Waals surface area contributed by atoms with Crippen molar-refractivity contribution in [2.45, 2.75) is 38.1 Å². The van der Waals surface area contributed by atoms with Gasteiger partial charge in [-0.3, -0.25) is 9.10 Å². The first-order valence-corrected chi connectivity index (χ1v) is 10.7. The van der Waals surface area contributed by atoms with Crippen molar-refractivity contribution in [1.82, 2.24) is 0 Å². The number of carbonyl (C=O) groups is 1. The summed E-state index contributed by atoms with van der Waals surface area (Å²) in [5, 5.41) is 0. The summed E-state index contributed by atoms with van der Waals surface area (Å²) in [7, 11) is -3.83. The Labute approximate surface area is 162 Å². The van der Waals surface area contributed by atoms with Crippen LogP contribution < -0.4 is 9.21 Å². The number of hydrogen-bond acceptors (Lipinski definition) is 3. The lowest BCUT2D eigenvalue weighted by Crippen LogP contribution is -2.36. The lowest BCUT2D eigenvalue weighted by Gasteiger charge is -2.27. The Balaban J connectivity index is 2.22. The summed E-state index contributed by atoms with van der Waals surface area (Å²) >= 11 is 3.43. The van der Waals surface area contributed by atoms with Crippen molar-refractivity contribution in [2.24, 2.45) is 0 Å². The van der Waals surface area contributed by atoms with Crippen molar-refractivity contribution < 1.29 is 13.2 Å². The van der Waals surface area contributed by atoms with E-state index in [1.54, 1.807) is 30.0 Å². The maximum absolute atomic E-state index is 13.5. The van der Waals surface area contributed by atoms with Crippen molar-refractivity contribution in [2.75, 3.05) is 15.7 Å². The number of nitrogens with zero attached hydrogens (tertiary/aromatic N) is 2. The van der Waals surface area contributed by atoms with Gasteiger partial charge in [0.2, 0.25) is 5.91 Å². The van der Waals surface area contributed by atoms with E-state index in [-0.39, 0.29) is 16.8 Å². The SMILES string of the molecule is CCN(c1ccccc1)S(=O)(=O)c1cc(Br)cc2c1N(C(C)=O)[C@H](C)C2. The summed E-state index contributed by atoms with van der Waals surface area (Å²) in [5.74, 6) is -0.155. The van der Waals surface area contributed by atoms with E-state index in [2.05, 4.69) is 15.9 Å². The molecule has 26 heavy (non-hydrogen) atoms. The molecule has 3 rings (SSSR count). The minimum atomic E-state index is -3.83. The molecule has 0 spiro atoms. The summed E-state index contributed by atoms with van der Waals surface area (Å²) in [6.45, 7) is 5.50. The van der Waals surface area contributed by atoms with E-state index in [0.29, 0.717) is 28.8 Å². The molecular formula is C19H21BrN2O3S. The number of fused-ring (bicyclic) bond motifs is 1. The molecule has 0 aromatic heterocycles. The van der Waals surface area contributed by atoms with E-state index < -0.39 is 10.0 Å². The van der Waals surface area contributed by atoms with Gasteiger partial charge in [0.15, 0.2) is 0 Å². The normalized spacial score (nSPS) is 16.5. The van der Waals surface area contributed by atoms with Crippen LogP contribution in [0.4, 0.5) is 11.4 Å². The second kappa shape index (κ2) is 7.04. The van der Waals surface area contributed by atoms with Crippen LogP contribution in [0.5, 0.6) is 0 Å². The predicted molar refractivity (Wildman–Crippen MR) is 107 cm³/mol. The average Bonchev–Trinajstić information content (AvgIpc) is 2.91. The first kappa shape index (κ1) is 18.9. The number of carbonyl (C=O) groups excluding carboxylic acids is 1. The quantitative estimate of drug-likeness (QED) is 0.728. The number of amides is 1. The van der Waals surface area contributed by atoms with Crippen LogP contribution in [0.15, 0.2) is 51.8 Å². The number of para-hydroxylation sites is 1. The van der Waals surface area contributed by atoms with Crippen LogP contribution in [0.2, 0.25) is 0 Å². The Bertz CT molecular complexity index is 945. The third-order valence-electron chi connectivity index (χ3n) is 4.55. The molecule has 0 bridgehead atoms. The van der Waals surface area contributed by atoms with Crippen LogP contribution in [0.3, 0.4) is 0 Å². The summed E-state index contributed by atoms with van der Waals surface area (Å²) < 4.78 is 29.1. The second-order valence-corrected chi connectivity index (χ2v) is 9.11. The van der Waals surface area contributed by atoms with Crippen LogP contribution in [0.1, 0.15) is 26.3 Å². The van der Waals surface area contributed by atoms with Gasteiger partial charge in [-0.05, 0) is 50.1 Å². The minimum Gasteiger partial charge on any atom is -0.308 e. The Morgan fingerprint density at radius 2 is 1.92 bits per heavy atom. The standard InChI is InChI=1S/C19H21BrN2O3S/c1-4-21(17-8-6-5-7-9-17)26(24,25)18-12-16(20)11-15-10-13(2)22(14(3)23)19(15)18/h5-9,11-13H,4,10H2,1-3H3/t13-/m1/s1. The molecule has 2 aromatic carbocycles. The first-order chi connectivity index (χ1) is 12.3. The summed E-state index contributed by atoms with van der Waals surface area (Å²) in [6, 6.07) is 12.4. The molecule has 0 saturated heterocycles. The van der Waals surface area contributed by atoms with E-state index in [4.69, 9.17) is 0 Å². The molecule has 1 aliphatic rings. The Hall–Kier alpha value is -1.86. The highest BCUT2D eigenvalue weighted by Crippen LogP contribution is 2.41. The number of anilines is 2. The molecule has 1 atom stereocenters. The molecule has 7 heteroatoms. The summed E-state index contributed by atoms with van der Waals surface area (Å²) in [6.07, 6.45) is 0.633. The minimum absolute atomic E-state index is 0.0717. The van der Waals surface area contributed by atoms with Gasteiger partial charge in [-0.2, -0.15) is 0 Å². The van der Waals surface area contributed by atoms with E-state index in [9.17, 15) is 13.2 Å². The van der Waals surface area contributed by atoms with Gasteiger partial charge in [0.1, 0.15) is 4.90 Å². The number of benzene rings is 2. The molecule has 5 nitrogen and oxygen atoms in total. The molecule has 1 aliphatic heterocycles. The van der Waals surface area contributed by atoms with Crippen molar-refractivity contribution in [3.63, 3.8) is 0 Å². The molecule has 0 aliphatic carbocycles. The zero-order valence-corrected chi connectivity index (χ0v) is 17.3. The average molecular weight is 437 g/mol. The maximum atomic E-state index is 13.5. The second-order valence-electron chi connectivity index (χ2n) is 6.36. The van der Waals surface area contributed by atoms with E-state index in [1.807, 2.05) is 31.2 Å². The largest absolute Gasteiger partial charge is 0.308 e. The molecule has 1 heterocycles. The third kappa shape index (κ3) is 3.14. The Morgan fingerprint density at radius 3 is 2.50 bits per heavy atom. The molecule has 138 valence electrons. The molecule has 0 fully saturated rings. The molecule has 0 radical (unpaired) electrons. The molecule has 1 amide bonds. The van der Waals surface area contributed by atoms with Gasteiger partial charge in [-0.25, -0.2) is 8.42 Å². The van der Waals surface area contributed by atoms with Gasteiger partial charge in [0.05, 0.1) is 11.4 Å². The van der Waals surface area contributed by atoms with Gasteiger partial charge in [-0.1, -0.05) is 34.1 Å². The predicted octanol–water partition coefficient (Wildman–Crippen LogP) is 3.96. The van der Waals surface area contributed by atoms with E-state index >= 15 is 0 Å². The van der Waals surface area contributed by atoms with Gasteiger partial charge in [-0.15, -0.1) is 0 Å². The van der Waals surface area contributed by atoms with Crippen molar-refractivity contribution in [1.29, 1.82) is 0 Å². The fourth-order valence-corrected chi connectivity index (χ4v) is 5.94. The van der Waals surface area contributed by atoms with Gasteiger partial charge >= 0.3 is 0 Å². The van der Waals surface area contributed by atoms with E-state index in [1.165, 1.54) is 11.2 Å². The zero-order valence-electron chi connectivity index (χ0n) is 14.9. The van der Waals surface area contributed by atoms with Crippen LogP contribution in [0, 0.1) is 0 Å². The van der Waals surface area contributed by atoms with E-state index in [0.717, 1.165) is 5.56 Å². The highest BCUT2D eigenvalue weighted by Gasteiger charge is 2.37. The van der Waals surface area contributed by atoms with Crippen LogP contribution in [-0.4, -0.2) is 26.9 Å². The molecule has 0 N–H and O–H groups in total. The lowest BCUT2D eigenvalue weighted by atomic mass is 10.1. The zero-order chi connectivity index (χ0) is 19.1. The fraction of sp³-hybridized carbons (Fsp3) is 0.316. The van der Waals surface area contributed by atoms with Gasteiger partial charge in [0.25, 0.3) is 10.0 Å². The highest BCUT2D eigenvalue weighted by molar-refractivity contribution is 9.10. The molecular weight excluding hydrogens is 416 g/mol. The van der Waals surface area contributed by atoms with Crippen molar-refractivity contribution >= 4 is 43.2 Å². The topological polar surface area (TPSA) is 57.7 Å². The lowest BCUT2D eigenvalue weighted by molar-refractivity contribution is -0.116. The fourth-order valence-electron chi connectivity index (χ4n) is 3.56. The summed E-state index contributed by atoms with van der Waals surface area (Å²) in [4.78, 5) is 13.9. The Morgan fingerprint density at radius 1 is 1.27 bits per heavy atom. The van der Waals surface area contributed by atoms with Crippen LogP contribution >= 0.6 is 15.9 Å². The first-order valence-electron chi connectivity index (χ1n) is 8.47. The smallest absolute Gasteiger partial charge is 0.266 e.